The number of rotatable bonds is 9. The summed E-state index contributed by atoms with van der Waals surface area (Å²) in [5.41, 5.74) is 0.757. The summed E-state index contributed by atoms with van der Waals surface area (Å²) >= 11 is 0. The molecule has 1 N–H and O–H groups in total. The molecule has 1 atom stereocenters. The Kier molecular flexibility index (Phi) is 7.70. The second kappa shape index (κ2) is 9.03. The lowest BCUT2D eigenvalue weighted by molar-refractivity contribution is 0.140. The summed E-state index contributed by atoms with van der Waals surface area (Å²) in [6.07, 6.45) is 2.52. The molecule has 0 aromatic heterocycles. The third-order valence-electron chi connectivity index (χ3n) is 3.31. The molecule has 0 heterocycles. The summed E-state index contributed by atoms with van der Waals surface area (Å²) in [5.74, 6) is -1.47. The molecule has 1 aromatic carbocycles. The zero-order chi connectivity index (χ0) is 15.0. The fraction of sp³-hybridized carbons (Fsp3) is 0.625. The Morgan fingerprint density at radius 1 is 1.20 bits per heavy atom. The Hall–Kier alpha value is -1.00. The first-order valence-electron chi connectivity index (χ1n) is 7.37. The van der Waals surface area contributed by atoms with Crippen molar-refractivity contribution in [2.24, 2.45) is 0 Å². The van der Waals surface area contributed by atoms with E-state index in [1.54, 1.807) is 19.1 Å². The molecule has 0 bridgehead atoms. The lowest BCUT2D eigenvalue weighted by Crippen LogP contribution is -2.24. The topological polar surface area (TPSA) is 21.3 Å². The molecule has 0 fully saturated rings. The second-order valence-corrected chi connectivity index (χ2v) is 4.95. The van der Waals surface area contributed by atoms with Crippen molar-refractivity contribution in [2.75, 3.05) is 19.8 Å². The molecule has 0 aliphatic rings. The highest BCUT2D eigenvalue weighted by Gasteiger charge is 2.18. The van der Waals surface area contributed by atoms with E-state index in [4.69, 9.17) is 4.74 Å². The smallest absolute Gasteiger partial charge is 0.163 e. The maximum absolute atomic E-state index is 14.1. The monoisotopic (exact) mass is 285 g/mol. The Balaban J connectivity index is 2.78. The van der Waals surface area contributed by atoms with E-state index in [0.29, 0.717) is 24.3 Å². The van der Waals surface area contributed by atoms with Crippen LogP contribution in [0, 0.1) is 18.6 Å². The summed E-state index contributed by atoms with van der Waals surface area (Å²) in [4.78, 5) is 0. The molecule has 0 aliphatic heterocycles. The van der Waals surface area contributed by atoms with Gasteiger partial charge >= 0.3 is 0 Å². The van der Waals surface area contributed by atoms with E-state index in [2.05, 4.69) is 12.2 Å². The Labute approximate surface area is 120 Å². The van der Waals surface area contributed by atoms with Crippen molar-refractivity contribution in [3.8, 4) is 0 Å². The van der Waals surface area contributed by atoms with Crippen LogP contribution in [0.2, 0.25) is 0 Å². The van der Waals surface area contributed by atoms with Crippen molar-refractivity contribution in [2.45, 2.75) is 46.1 Å². The van der Waals surface area contributed by atoms with Gasteiger partial charge in [-0.2, -0.15) is 0 Å². The van der Waals surface area contributed by atoms with Gasteiger partial charge in [-0.05, 0) is 45.2 Å². The first kappa shape index (κ1) is 17.1. The van der Waals surface area contributed by atoms with Crippen LogP contribution in [0.4, 0.5) is 8.78 Å². The van der Waals surface area contributed by atoms with Gasteiger partial charge in [0.25, 0.3) is 0 Å². The average molecular weight is 285 g/mol. The van der Waals surface area contributed by atoms with E-state index in [-0.39, 0.29) is 6.04 Å². The number of hydrogen-bond donors (Lipinski definition) is 1. The van der Waals surface area contributed by atoms with Gasteiger partial charge in [-0.25, -0.2) is 8.78 Å². The van der Waals surface area contributed by atoms with Gasteiger partial charge in [-0.15, -0.1) is 0 Å². The van der Waals surface area contributed by atoms with E-state index in [9.17, 15) is 8.78 Å². The molecule has 1 unspecified atom stereocenters. The maximum atomic E-state index is 14.1. The molecule has 0 amide bonds. The lowest BCUT2D eigenvalue weighted by Gasteiger charge is -2.20. The molecule has 0 spiro atoms. The predicted octanol–water partition coefficient (Wildman–Crippen LogP) is 4.13. The van der Waals surface area contributed by atoms with Crippen LogP contribution in [0.15, 0.2) is 12.1 Å². The van der Waals surface area contributed by atoms with E-state index < -0.39 is 11.6 Å². The number of ether oxygens (including phenoxy) is 1. The number of aryl methyl sites for hydroxylation is 1. The summed E-state index contributed by atoms with van der Waals surface area (Å²) in [7, 11) is 0. The second-order valence-electron chi connectivity index (χ2n) is 4.95. The zero-order valence-corrected chi connectivity index (χ0v) is 12.6. The normalized spacial score (nSPS) is 12.7. The van der Waals surface area contributed by atoms with Crippen LogP contribution in [0.3, 0.4) is 0 Å². The number of benzene rings is 1. The van der Waals surface area contributed by atoms with E-state index >= 15 is 0 Å². The predicted molar refractivity (Wildman–Crippen MR) is 77.9 cm³/mol. The minimum atomic E-state index is -0.740. The van der Waals surface area contributed by atoms with Crippen LogP contribution < -0.4 is 5.32 Å². The average Bonchev–Trinajstić information content (AvgIpc) is 2.45. The molecular weight excluding hydrogens is 260 g/mol. The minimum absolute atomic E-state index is 0.162. The number of nitrogens with one attached hydrogen (secondary N) is 1. The van der Waals surface area contributed by atoms with Crippen LogP contribution in [-0.2, 0) is 4.74 Å². The van der Waals surface area contributed by atoms with Gasteiger partial charge in [-0.3, -0.25) is 0 Å². The SMILES string of the molecule is CCCNC(CCCOCC)c1ccc(C)c(F)c1F. The van der Waals surface area contributed by atoms with E-state index in [0.717, 1.165) is 25.8 Å². The van der Waals surface area contributed by atoms with Gasteiger partial charge in [0.1, 0.15) is 0 Å². The standard InChI is InChI=1S/C16H25F2NO/c1-4-10-19-14(7-6-11-20-5-2)13-9-8-12(3)15(17)16(13)18/h8-9,14,19H,4-7,10-11H2,1-3H3. The third-order valence-corrected chi connectivity index (χ3v) is 3.31. The van der Waals surface area contributed by atoms with Gasteiger partial charge < -0.3 is 10.1 Å². The molecule has 0 saturated heterocycles. The van der Waals surface area contributed by atoms with Crippen molar-refractivity contribution in [3.05, 3.63) is 34.9 Å². The molecule has 1 rings (SSSR count). The summed E-state index contributed by atoms with van der Waals surface area (Å²) in [6.45, 7) is 7.69. The Bertz CT molecular complexity index is 410. The van der Waals surface area contributed by atoms with Crippen molar-refractivity contribution >= 4 is 0 Å². The molecule has 0 saturated carbocycles. The first-order chi connectivity index (χ1) is 9.61. The summed E-state index contributed by atoms with van der Waals surface area (Å²) in [5, 5.41) is 3.29. The van der Waals surface area contributed by atoms with Crippen molar-refractivity contribution in [3.63, 3.8) is 0 Å². The highest BCUT2D eigenvalue weighted by Crippen LogP contribution is 2.25. The largest absolute Gasteiger partial charge is 0.382 e. The number of hydrogen-bond acceptors (Lipinski definition) is 2. The molecular formula is C16H25F2NO. The van der Waals surface area contributed by atoms with Crippen molar-refractivity contribution in [1.82, 2.24) is 5.32 Å². The van der Waals surface area contributed by atoms with Crippen molar-refractivity contribution < 1.29 is 13.5 Å². The quantitative estimate of drug-likeness (QED) is 0.689. The summed E-state index contributed by atoms with van der Waals surface area (Å²) in [6, 6.07) is 3.16. The van der Waals surface area contributed by atoms with Crippen molar-refractivity contribution in [1.29, 1.82) is 0 Å². The zero-order valence-electron chi connectivity index (χ0n) is 12.6. The Morgan fingerprint density at radius 3 is 2.60 bits per heavy atom. The first-order valence-corrected chi connectivity index (χ1v) is 7.37. The van der Waals surface area contributed by atoms with Gasteiger partial charge in [0.2, 0.25) is 0 Å². The third kappa shape index (κ3) is 4.84. The van der Waals surface area contributed by atoms with Crippen LogP contribution in [0.5, 0.6) is 0 Å². The highest BCUT2D eigenvalue weighted by molar-refractivity contribution is 5.27. The van der Waals surface area contributed by atoms with Crippen LogP contribution in [0.25, 0.3) is 0 Å². The van der Waals surface area contributed by atoms with E-state index in [1.165, 1.54) is 0 Å². The fourth-order valence-electron chi connectivity index (χ4n) is 2.15. The molecule has 1 aromatic rings. The maximum Gasteiger partial charge on any atom is 0.163 e. The van der Waals surface area contributed by atoms with Gasteiger partial charge in [0.15, 0.2) is 11.6 Å². The summed E-state index contributed by atoms with van der Waals surface area (Å²) < 4.78 is 33.1. The van der Waals surface area contributed by atoms with Gasteiger partial charge in [0.05, 0.1) is 0 Å². The molecule has 20 heavy (non-hydrogen) atoms. The van der Waals surface area contributed by atoms with Crippen LogP contribution >= 0.6 is 0 Å². The highest BCUT2D eigenvalue weighted by atomic mass is 19.2. The lowest BCUT2D eigenvalue weighted by atomic mass is 9.99. The van der Waals surface area contributed by atoms with Crippen LogP contribution in [-0.4, -0.2) is 19.8 Å². The van der Waals surface area contributed by atoms with Gasteiger partial charge in [-0.1, -0.05) is 19.1 Å². The fourth-order valence-corrected chi connectivity index (χ4v) is 2.15. The number of halogens is 2. The molecule has 0 radical (unpaired) electrons. The molecule has 0 aliphatic carbocycles. The van der Waals surface area contributed by atoms with E-state index in [1.807, 2.05) is 6.92 Å². The molecule has 2 nitrogen and oxygen atoms in total. The van der Waals surface area contributed by atoms with Gasteiger partial charge in [0, 0.05) is 24.8 Å². The molecule has 4 heteroatoms. The Morgan fingerprint density at radius 2 is 1.95 bits per heavy atom. The molecule has 114 valence electrons. The van der Waals surface area contributed by atoms with Crippen LogP contribution in [0.1, 0.15) is 50.3 Å². The minimum Gasteiger partial charge on any atom is -0.382 e.